The molecule has 136 valence electrons. The number of rotatable bonds is 7. The molecule has 2 aromatic carbocycles. The number of amides is 2. The van der Waals surface area contributed by atoms with Gasteiger partial charge in [0.2, 0.25) is 11.8 Å². The van der Waals surface area contributed by atoms with E-state index in [1.165, 1.54) is 15.9 Å². The van der Waals surface area contributed by atoms with Crippen molar-refractivity contribution in [2.75, 3.05) is 23.7 Å². The summed E-state index contributed by atoms with van der Waals surface area (Å²) < 4.78 is 13.9. The minimum atomic E-state index is -0.445. The van der Waals surface area contributed by atoms with Gasteiger partial charge >= 0.3 is 0 Å². The van der Waals surface area contributed by atoms with Crippen LogP contribution in [-0.4, -0.2) is 30.7 Å². The summed E-state index contributed by atoms with van der Waals surface area (Å²) in [6, 6.07) is 16.3. The zero-order chi connectivity index (χ0) is 18.4. The standard InChI is InChI=1S/C20H21FN2O2S/c21-17-9-4-5-10-18(17)23-14-15(13-19(23)24)20(25)22-11-6-12-26-16-7-2-1-3-8-16/h1-5,7-10,15H,6,11-14H2,(H,22,25)/t15-/m0/s1. The molecule has 0 spiro atoms. The Morgan fingerprint density at radius 2 is 1.88 bits per heavy atom. The molecule has 1 aliphatic rings. The zero-order valence-corrected chi connectivity index (χ0v) is 15.2. The molecule has 0 bridgehead atoms. The lowest BCUT2D eigenvalue weighted by Gasteiger charge is -2.17. The van der Waals surface area contributed by atoms with Gasteiger partial charge in [-0.1, -0.05) is 30.3 Å². The molecular weight excluding hydrogens is 351 g/mol. The van der Waals surface area contributed by atoms with Crippen LogP contribution in [0.25, 0.3) is 0 Å². The first-order valence-corrected chi connectivity index (χ1v) is 9.64. The Morgan fingerprint density at radius 3 is 2.65 bits per heavy atom. The number of carbonyl (C=O) groups excluding carboxylic acids is 2. The van der Waals surface area contributed by atoms with Crippen molar-refractivity contribution in [3.63, 3.8) is 0 Å². The van der Waals surface area contributed by atoms with E-state index in [1.54, 1.807) is 30.0 Å². The van der Waals surface area contributed by atoms with Crippen molar-refractivity contribution in [3.8, 4) is 0 Å². The minimum Gasteiger partial charge on any atom is -0.356 e. The van der Waals surface area contributed by atoms with Crippen molar-refractivity contribution >= 4 is 29.3 Å². The molecule has 2 aromatic rings. The fourth-order valence-corrected chi connectivity index (χ4v) is 3.80. The van der Waals surface area contributed by atoms with Gasteiger partial charge in [-0.05, 0) is 36.4 Å². The van der Waals surface area contributed by atoms with Gasteiger partial charge in [-0.3, -0.25) is 9.59 Å². The maximum atomic E-state index is 13.9. The first kappa shape index (κ1) is 18.5. The summed E-state index contributed by atoms with van der Waals surface area (Å²) in [5.41, 5.74) is 0.243. The molecule has 1 heterocycles. The maximum absolute atomic E-state index is 13.9. The van der Waals surface area contributed by atoms with Gasteiger partial charge in [0.1, 0.15) is 5.82 Å². The Morgan fingerprint density at radius 1 is 1.15 bits per heavy atom. The molecule has 2 amide bonds. The monoisotopic (exact) mass is 372 g/mol. The van der Waals surface area contributed by atoms with Crippen LogP contribution in [0, 0.1) is 11.7 Å². The SMILES string of the molecule is O=C(NCCCSc1ccccc1)[C@H]1CC(=O)N(c2ccccc2F)C1. The maximum Gasteiger partial charge on any atom is 0.227 e. The first-order chi connectivity index (χ1) is 12.6. The molecule has 0 radical (unpaired) electrons. The summed E-state index contributed by atoms with van der Waals surface area (Å²) in [5.74, 6) is -0.310. The van der Waals surface area contributed by atoms with E-state index in [2.05, 4.69) is 17.4 Å². The van der Waals surface area contributed by atoms with Gasteiger partial charge in [0.05, 0.1) is 11.6 Å². The molecule has 1 atom stereocenters. The quantitative estimate of drug-likeness (QED) is 0.598. The highest BCUT2D eigenvalue weighted by Crippen LogP contribution is 2.27. The van der Waals surface area contributed by atoms with Crippen molar-refractivity contribution in [2.45, 2.75) is 17.7 Å². The van der Waals surface area contributed by atoms with Crippen molar-refractivity contribution in [3.05, 3.63) is 60.4 Å². The van der Waals surface area contributed by atoms with Gasteiger partial charge in [0, 0.05) is 24.4 Å². The summed E-state index contributed by atoms with van der Waals surface area (Å²) in [6.45, 7) is 0.799. The second-order valence-corrected chi connectivity index (χ2v) is 7.33. The third-order valence-corrected chi connectivity index (χ3v) is 5.37. The molecule has 26 heavy (non-hydrogen) atoms. The number of hydrogen-bond donors (Lipinski definition) is 1. The number of thioether (sulfide) groups is 1. The van der Waals surface area contributed by atoms with E-state index >= 15 is 0 Å². The lowest BCUT2D eigenvalue weighted by atomic mass is 10.1. The topological polar surface area (TPSA) is 49.4 Å². The number of benzene rings is 2. The fourth-order valence-electron chi connectivity index (χ4n) is 2.92. The van der Waals surface area contributed by atoms with Crippen LogP contribution in [-0.2, 0) is 9.59 Å². The van der Waals surface area contributed by atoms with Gasteiger partial charge in [-0.25, -0.2) is 4.39 Å². The molecule has 3 rings (SSSR count). The van der Waals surface area contributed by atoms with E-state index in [9.17, 15) is 14.0 Å². The summed E-state index contributed by atoms with van der Waals surface area (Å²) in [4.78, 5) is 27.0. The molecule has 6 heteroatoms. The number of hydrogen-bond acceptors (Lipinski definition) is 3. The number of anilines is 1. The molecule has 0 aromatic heterocycles. The highest BCUT2D eigenvalue weighted by Gasteiger charge is 2.35. The summed E-state index contributed by atoms with van der Waals surface area (Å²) in [7, 11) is 0. The average Bonchev–Trinajstić information content (AvgIpc) is 3.04. The normalized spacial score (nSPS) is 16.7. The lowest BCUT2D eigenvalue weighted by Crippen LogP contribution is -2.33. The Bertz CT molecular complexity index is 769. The smallest absolute Gasteiger partial charge is 0.227 e. The molecule has 0 aliphatic carbocycles. The molecule has 0 unspecified atom stereocenters. The van der Waals surface area contributed by atoms with Gasteiger partial charge in [0.15, 0.2) is 0 Å². The van der Waals surface area contributed by atoms with E-state index < -0.39 is 11.7 Å². The number of carbonyl (C=O) groups is 2. The Hall–Kier alpha value is -2.34. The first-order valence-electron chi connectivity index (χ1n) is 8.65. The number of para-hydroxylation sites is 1. The highest BCUT2D eigenvalue weighted by molar-refractivity contribution is 7.99. The average molecular weight is 372 g/mol. The number of nitrogens with zero attached hydrogens (tertiary/aromatic N) is 1. The van der Waals surface area contributed by atoms with Gasteiger partial charge < -0.3 is 10.2 Å². The van der Waals surface area contributed by atoms with Crippen LogP contribution < -0.4 is 10.2 Å². The fraction of sp³-hybridized carbons (Fsp3) is 0.300. The van der Waals surface area contributed by atoms with Crippen LogP contribution >= 0.6 is 11.8 Å². The Balaban J connectivity index is 1.43. The van der Waals surface area contributed by atoms with Gasteiger partial charge in [-0.15, -0.1) is 11.8 Å². The Kier molecular flexibility index (Phi) is 6.28. The van der Waals surface area contributed by atoms with E-state index in [1.807, 2.05) is 18.2 Å². The molecule has 1 aliphatic heterocycles. The zero-order valence-electron chi connectivity index (χ0n) is 14.4. The summed E-state index contributed by atoms with van der Waals surface area (Å²) in [6.07, 6.45) is 0.974. The van der Waals surface area contributed by atoms with Crippen molar-refractivity contribution in [1.82, 2.24) is 5.32 Å². The molecule has 1 fully saturated rings. The Labute approximate surface area is 156 Å². The predicted octanol–water partition coefficient (Wildman–Crippen LogP) is 3.48. The van der Waals surface area contributed by atoms with Gasteiger partial charge in [-0.2, -0.15) is 0 Å². The van der Waals surface area contributed by atoms with Crippen LogP contribution in [0.4, 0.5) is 10.1 Å². The lowest BCUT2D eigenvalue weighted by molar-refractivity contribution is -0.126. The van der Waals surface area contributed by atoms with Crippen LogP contribution in [0.2, 0.25) is 0 Å². The van der Waals surface area contributed by atoms with Crippen LogP contribution in [0.15, 0.2) is 59.5 Å². The minimum absolute atomic E-state index is 0.124. The number of halogens is 1. The largest absolute Gasteiger partial charge is 0.356 e. The second-order valence-electron chi connectivity index (χ2n) is 6.16. The molecular formula is C20H21FN2O2S. The van der Waals surface area contributed by atoms with E-state index in [4.69, 9.17) is 0 Å². The number of nitrogens with one attached hydrogen (secondary N) is 1. The molecule has 4 nitrogen and oxygen atoms in total. The van der Waals surface area contributed by atoms with E-state index in [0.29, 0.717) is 6.54 Å². The highest BCUT2D eigenvalue weighted by atomic mass is 32.2. The third-order valence-electron chi connectivity index (χ3n) is 4.27. The van der Waals surface area contributed by atoms with E-state index in [0.717, 1.165) is 12.2 Å². The van der Waals surface area contributed by atoms with Crippen molar-refractivity contribution in [2.24, 2.45) is 5.92 Å². The molecule has 1 N–H and O–H groups in total. The third kappa shape index (κ3) is 4.64. The molecule has 0 saturated carbocycles. The van der Waals surface area contributed by atoms with Crippen LogP contribution in [0.5, 0.6) is 0 Å². The summed E-state index contributed by atoms with van der Waals surface area (Å²) >= 11 is 1.75. The van der Waals surface area contributed by atoms with Crippen LogP contribution in [0.3, 0.4) is 0 Å². The van der Waals surface area contributed by atoms with Crippen molar-refractivity contribution in [1.29, 1.82) is 0 Å². The summed E-state index contributed by atoms with van der Waals surface area (Å²) in [5, 5.41) is 2.89. The van der Waals surface area contributed by atoms with Crippen molar-refractivity contribution < 1.29 is 14.0 Å². The van der Waals surface area contributed by atoms with Gasteiger partial charge in [0.25, 0.3) is 0 Å². The molecule has 1 saturated heterocycles. The predicted molar refractivity (Wildman–Crippen MR) is 102 cm³/mol. The van der Waals surface area contributed by atoms with E-state index in [-0.39, 0.29) is 30.5 Å². The second kappa shape index (κ2) is 8.85. The van der Waals surface area contributed by atoms with Crippen LogP contribution in [0.1, 0.15) is 12.8 Å².